The molecule has 1 atom stereocenters. The van der Waals surface area contributed by atoms with Gasteiger partial charge in [-0.05, 0) is 20.8 Å². The van der Waals surface area contributed by atoms with E-state index in [4.69, 9.17) is 0 Å². The molecule has 90 valence electrons. The fraction of sp³-hybridized carbons (Fsp3) is 0.875. The summed E-state index contributed by atoms with van der Waals surface area (Å²) in [6, 6.07) is -1.60. The summed E-state index contributed by atoms with van der Waals surface area (Å²) in [5, 5.41) is 13.2. The monoisotopic (exact) mass is 228 g/mol. The maximum absolute atomic E-state index is 11.7. The van der Waals surface area contributed by atoms with E-state index in [-0.39, 0.29) is 0 Å². The molecule has 0 spiro atoms. The summed E-state index contributed by atoms with van der Waals surface area (Å²) in [4.78, 5) is 10.9. The van der Waals surface area contributed by atoms with Crippen LogP contribution in [-0.2, 0) is 0 Å². The van der Waals surface area contributed by atoms with Crippen molar-refractivity contribution < 1.29 is 23.1 Å². The molecule has 0 aliphatic heterocycles. The van der Waals surface area contributed by atoms with Crippen molar-refractivity contribution in [1.82, 2.24) is 10.6 Å². The van der Waals surface area contributed by atoms with Gasteiger partial charge in [0.1, 0.15) is 6.54 Å². The minimum absolute atomic E-state index is 0.647. The summed E-state index contributed by atoms with van der Waals surface area (Å²) in [6.45, 7) is 2.99. The van der Waals surface area contributed by atoms with E-state index in [0.29, 0.717) is 0 Å². The standard InChI is InChI=1S/C8H15F3N2O2/c1-5(7(2,3)15)13-6(14)12-4-8(9,10)11/h5,15H,4H2,1-3H3,(H2,12,13,14)/t5-/m0/s1. The first-order chi connectivity index (χ1) is 6.52. The highest BCUT2D eigenvalue weighted by atomic mass is 19.4. The number of urea groups is 1. The zero-order valence-corrected chi connectivity index (χ0v) is 8.77. The van der Waals surface area contributed by atoms with Crippen molar-refractivity contribution in [3.8, 4) is 0 Å². The second kappa shape index (κ2) is 4.69. The molecule has 0 aromatic carbocycles. The Bertz CT molecular complexity index is 223. The first-order valence-corrected chi connectivity index (χ1v) is 4.36. The predicted octanol–water partition coefficient (Wildman–Crippen LogP) is 1.01. The Morgan fingerprint density at radius 1 is 1.40 bits per heavy atom. The van der Waals surface area contributed by atoms with Gasteiger partial charge in [0.2, 0.25) is 0 Å². The third kappa shape index (κ3) is 7.01. The first kappa shape index (κ1) is 14.0. The second-order valence-corrected chi connectivity index (χ2v) is 3.82. The fourth-order valence-corrected chi connectivity index (χ4v) is 0.605. The summed E-state index contributed by atoms with van der Waals surface area (Å²) in [7, 11) is 0. The maximum Gasteiger partial charge on any atom is 0.405 e. The highest BCUT2D eigenvalue weighted by Crippen LogP contribution is 2.12. The van der Waals surface area contributed by atoms with Crippen molar-refractivity contribution >= 4 is 6.03 Å². The minimum atomic E-state index is -4.44. The SMILES string of the molecule is C[C@H](NC(=O)NCC(F)(F)F)C(C)(C)O. The molecule has 0 heterocycles. The lowest BCUT2D eigenvalue weighted by molar-refractivity contribution is -0.122. The van der Waals surface area contributed by atoms with Crippen LogP contribution in [0.5, 0.6) is 0 Å². The Labute approximate surface area is 85.8 Å². The Morgan fingerprint density at radius 2 is 1.87 bits per heavy atom. The van der Waals surface area contributed by atoms with Gasteiger partial charge >= 0.3 is 12.2 Å². The normalized spacial score (nSPS) is 14.6. The molecule has 0 saturated carbocycles. The molecule has 2 amide bonds. The second-order valence-electron chi connectivity index (χ2n) is 3.82. The number of aliphatic hydroxyl groups is 1. The van der Waals surface area contributed by atoms with E-state index in [1.807, 2.05) is 0 Å². The molecule has 0 aliphatic rings. The molecule has 0 fully saturated rings. The molecule has 0 rings (SSSR count). The number of carbonyl (C=O) groups excluding carboxylic acids is 1. The number of hydrogen-bond donors (Lipinski definition) is 3. The van der Waals surface area contributed by atoms with Crippen molar-refractivity contribution in [3.63, 3.8) is 0 Å². The van der Waals surface area contributed by atoms with Crippen LogP contribution in [-0.4, -0.2) is 35.5 Å². The van der Waals surface area contributed by atoms with Crippen molar-refractivity contribution in [2.75, 3.05) is 6.54 Å². The van der Waals surface area contributed by atoms with E-state index in [2.05, 4.69) is 5.32 Å². The quantitative estimate of drug-likeness (QED) is 0.675. The lowest BCUT2D eigenvalue weighted by Gasteiger charge is -2.26. The van der Waals surface area contributed by atoms with Crippen LogP contribution in [0.3, 0.4) is 0 Å². The van der Waals surface area contributed by atoms with E-state index in [1.165, 1.54) is 20.8 Å². The molecule has 7 heteroatoms. The van der Waals surface area contributed by atoms with E-state index in [1.54, 1.807) is 5.32 Å². The zero-order valence-electron chi connectivity index (χ0n) is 8.77. The maximum atomic E-state index is 11.7. The van der Waals surface area contributed by atoms with E-state index in [0.717, 1.165) is 0 Å². The molecular formula is C8H15F3N2O2. The smallest absolute Gasteiger partial charge is 0.388 e. The number of rotatable bonds is 3. The van der Waals surface area contributed by atoms with Crippen molar-refractivity contribution in [2.45, 2.75) is 38.6 Å². The Hall–Kier alpha value is -0.980. The third-order valence-corrected chi connectivity index (χ3v) is 1.86. The lowest BCUT2D eigenvalue weighted by Crippen LogP contribution is -2.51. The van der Waals surface area contributed by atoms with Crippen LogP contribution < -0.4 is 10.6 Å². The van der Waals surface area contributed by atoms with Gasteiger partial charge in [-0.2, -0.15) is 13.2 Å². The number of alkyl halides is 3. The summed E-state index contributed by atoms with van der Waals surface area (Å²) in [5.41, 5.74) is -1.18. The number of carbonyl (C=O) groups is 1. The van der Waals surface area contributed by atoms with Crippen LogP contribution in [0.1, 0.15) is 20.8 Å². The molecule has 0 aromatic heterocycles. The topological polar surface area (TPSA) is 61.4 Å². The molecule has 3 N–H and O–H groups in total. The number of hydrogen-bond acceptors (Lipinski definition) is 2. The number of halogens is 3. The predicted molar refractivity (Wildman–Crippen MR) is 48.3 cm³/mol. The average molecular weight is 228 g/mol. The molecule has 0 aliphatic carbocycles. The Kier molecular flexibility index (Phi) is 4.39. The molecular weight excluding hydrogens is 213 g/mol. The van der Waals surface area contributed by atoms with Gasteiger partial charge in [-0.3, -0.25) is 0 Å². The molecule has 0 saturated heterocycles. The van der Waals surface area contributed by atoms with Crippen LogP contribution in [0.25, 0.3) is 0 Å². The largest absolute Gasteiger partial charge is 0.405 e. The van der Waals surface area contributed by atoms with Gasteiger partial charge in [0.25, 0.3) is 0 Å². The van der Waals surface area contributed by atoms with E-state index < -0.39 is 30.4 Å². The lowest BCUT2D eigenvalue weighted by atomic mass is 10.0. The molecule has 0 aromatic rings. The molecule has 0 bridgehead atoms. The highest BCUT2D eigenvalue weighted by molar-refractivity contribution is 5.74. The van der Waals surface area contributed by atoms with Crippen LogP contribution in [0.2, 0.25) is 0 Å². The van der Waals surface area contributed by atoms with Crippen molar-refractivity contribution in [3.05, 3.63) is 0 Å². The van der Waals surface area contributed by atoms with Gasteiger partial charge < -0.3 is 15.7 Å². The summed E-state index contributed by atoms with van der Waals surface area (Å²) >= 11 is 0. The van der Waals surface area contributed by atoms with Gasteiger partial charge in [-0.15, -0.1) is 0 Å². The van der Waals surface area contributed by atoms with Gasteiger partial charge in [0.05, 0.1) is 11.6 Å². The van der Waals surface area contributed by atoms with Crippen molar-refractivity contribution in [2.24, 2.45) is 0 Å². The van der Waals surface area contributed by atoms with E-state index >= 15 is 0 Å². The summed E-state index contributed by atoms with van der Waals surface area (Å²) < 4.78 is 35.1. The molecule has 0 radical (unpaired) electrons. The summed E-state index contributed by atoms with van der Waals surface area (Å²) in [5.74, 6) is 0. The molecule has 0 unspecified atom stereocenters. The molecule has 15 heavy (non-hydrogen) atoms. The van der Waals surface area contributed by atoms with Crippen molar-refractivity contribution in [1.29, 1.82) is 0 Å². The summed E-state index contributed by atoms with van der Waals surface area (Å²) in [6.07, 6.45) is -4.44. The van der Waals surface area contributed by atoms with Gasteiger partial charge in [-0.25, -0.2) is 4.79 Å². The third-order valence-electron chi connectivity index (χ3n) is 1.86. The van der Waals surface area contributed by atoms with Crippen LogP contribution in [0.15, 0.2) is 0 Å². The fourth-order valence-electron chi connectivity index (χ4n) is 0.605. The minimum Gasteiger partial charge on any atom is -0.388 e. The Balaban J connectivity index is 3.96. The number of amides is 2. The first-order valence-electron chi connectivity index (χ1n) is 4.36. The highest BCUT2D eigenvalue weighted by Gasteiger charge is 2.29. The van der Waals surface area contributed by atoms with E-state index in [9.17, 15) is 23.1 Å². The Morgan fingerprint density at radius 3 is 2.20 bits per heavy atom. The zero-order chi connectivity index (χ0) is 12.3. The van der Waals surface area contributed by atoms with Gasteiger partial charge in [0.15, 0.2) is 0 Å². The average Bonchev–Trinajstić information content (AvgIpc) is 1.97. The van der Waals surface area contributed by atoms with Gasteiger partial charge in [-0.1, -0.05) is 0 Å². The van der Waals surface area contributed by atoms with Crippen LogP contribution >= 0.6 is 0 Å². The van der Waals surface area contributed by atoms with Gasteiger partial charge in [0, 0.05) is 0 Å². The van der Waals surface area contributed by atoms with Crippen LogP contribution in [0.4, 0.5) is 18.0 Å². The number of nitrogens with one attached hydrogen (secondary N) is 2. The van der Waals surface area contributed by atoms with Crippen LogP contribution in [0, 0.1) is 0 Å². The molecule has 4 nitrogen and oxygen atoms in total.